The summed E-state index contributed by atoms with van der Waals surface area (Å²) in [6.07, 6.45) is 0.686. The monoisotopic (exact) mass is 292 g/mol. The van der Waals surface area contributed by atoms with Gasteiger partial charge in [-0.2, -0.15) is 0 Å². The van der Waals surface area contributed by atoms with Crippen molar-refractivity contribution < 1.29 is 23.7 Å². The van der Waals surface area contributed by atoms with E-state index in [4.69, 9.17) is 4.74 Å². The van der Waals surface area contributed by atoms with Gasteiger partial charge in [0.15, 0.2) is 0 Å². The van der Waals surface area contributed by atoms with Crippen LogP contribution in [0, 0.1) is 5.92 Å². The van der Waals surface area contributed by atoms with E-state index < -0.39 is 30.3 Å². The van der Waals surface area contributed by atoms with E-state index >= 15 is 0 Å². The van der Waals surface area contributed by atoms with Crippen LogP contribution in [0.4, 0.5) is 0 Å². The number of carbonyl (C=O) groups excluding carboxylic acids is 3. The van der Waals surface area contributed by atoms with Crippen molar-refractivity contribution in [2.24, 2.45) is 5.92 Å². The molecule has 0 aromatic heterocycles. The maximum atomic E-state index is 12.3. The third-order valence-corrected chi connectivity index (χ3v) is 7.46. The Bertz CT molecular complexity index is 454. The van der Waals surface area contributed by atoms with E-state index in [1.54, 1.807) is 6.92 Å². The minimum absolute atomic E-state index is 0.0856. The van der Waals surface area contributed by atoms with E-state index in [1.807, 2.05) is 0 Å². The van der Waals surface area contributed by atoms with Crippen molar-refractivity contribution in [2.75, 3.05) is 18.9 Å². The zero-order valence-electron chi connectivity index (χ0n) is 9.75. The lowest BCUT2D eigenvalue weighted by atomic mass is 10.1. The topological polar surface area (TPSA) is 92.8 Å². The first kappa shape index (κ1) is 13.4. The summed E-state index contributed by atoms with van der Waals surface area (Å²) in [6, 6.07) is 0. The van der Waals surface area contributed by atoms with E-state index in [0.717, 1.165) is 16.1 Å². The third kappa shape index (κ3) is 2.14. The lowest BCUT2D eigenvalue weighted by Gasteiger charge is -2.39. The Hall–Kier alpha value is -1.01. The number of fused-ring (bicyclic) bond motifs is 1. The standard InChI is InChI=1S/C9H13N2O5PS/c1-2-16-9(14)6-7(12)10-17(15)11(8(6)13)4-3-5-18-17/h6H,2-5H2,1H3,(H,10,12,15). The van der Waals surface area contributed by atoms with Crippen LogP contribution in [0.3, 0.4) is 0 Å². The minimum atomic E-state index is -3.23. The fourth-order valence-corrected chi connectivity index (χ4v) is 6.35. The smallest absolute Gasteiger partial charge is 0.328 e. The summed E-state index contributed by atoms with van der Waals surface area (Å²) in [5, 5.41) is 2.30. The van der Waals surface area contributed by atoms with Gasteiger partial charge in [-0.25, -0.2) is 0 Å². The summed E-state index contributed by atoms with van der Waals surface area (Å²) in [5.41, 5.74) is 0. The number of rotatable bonds is 2. The van der Waals surface area contributed by atoms with Crippen LogP contribution < -0.4 is 5.09 Å². The molecule has 2 amide bonds. The van der Waals surface area contributed by atoms with Crippen LogP contribution in [0.5, 0.6) is 0 Å². The Balaban J connectivity index is 2.26. The van der Waals surface area contributed by atoms with Gasteiger partial charge in [0.25, 0.3) is 11.8 Å². The molecule has 9 heteroatoms. The van der Waals surface area contributed by atoms with Crippen LogP contribution >= 0.6 is 18.0 Å². The first-order valence-electron chi connectivity index (χ1n) is 5.55. The van der Waals surface area contributed by atoms with Gasteiger partial charge in [-0.1, -0.05) is 11.4 Å². The maximum Gasteiger partial charge on any atom is 0.328 e. The minimum Gasteiger partial charge on any atom is -0.465 e. The van der Waals surface area contributed by atoms with Gasteiger partial charge in [-0.3, -0.25) is 28.7 Å². The van der Waals surface area contributed by atoms with Crippen LogP contribution in [0.1, 0.15) is 13.3 Å². The van der Waals surface area contributed by atoms with Crippen molar-refractivity contribution in [3.8, 4) is 0 Å². The molecule has 18 heavy (non-hydrogen) atoms. The highest BCUT2D eigenvalue weighted by molar-refractivity contribution is 8.57. The molecule has 2 atom stereocenters. The van der Waals surface area contributed by atoms with Gasteiger partial charge in [-0.05, 0) is 13.3 Å². The lowest BCUT2D eigenvalue weighted by molar-refractivity contribution is -0.158. The molecular formula is C9H13N2O5PS. The van der Waals surface area contributed by atoms with Crippen LogP contribution in [0.15, 0.2) is 0 Å². The van der Waals surface area contributed by atoms with E-state index in [2.05, 4.69) is 5.09 Å². The number of hydrogen-bond donors (Lipinski definition) is 1. The highest BCUT2D eigenvalue weighted by atomic mass is 32.7. The number of hydrogen-bond acceptors (Lipinski definition) is 6. The van der Waals surface area contributed by atoms with Crippen molar-refractivity contribution in [3.05, 3.63) is 0 Å². The molecule has 0 aliphatic carbocycles. The Morgan fingerprint density at radius 3 is 3.00 bits per heavy atom. The zero-order valence-corrected chi connectivity index (χ0v) is 11.5. The van der Waals surface area contributed by atoms with Crippen LogP contribution in [-0.2, 0) is 23.7 Å². The van der Waals surface area contributed by atoms with E-state index in [9.17, 15) is 18.9 Å². The SMILES string of the molecule is CCOC(=O)C1C(=O)NP2(=O)SCCCN2C1=O. The number of amides is 2. The highest BCUT2D eigenvalue weighted by Crippen LogP contribution is 2.62. The predicted molar refractivity (Wildman–Crippen MR) is 64.7 cm³/mol. The van der Waals surface area contributed by atoms with Crippen LogP contribution in [-0.4, -0.2) is 41.4 Å². The summed E-state index contributed by atoms with van der Waals surface area (Å²) in [6.45, 7) is -1.27. The molecule has 0 aromatic carbocycles. The summed E-state index contributed by atoms with van der Waals surface area (Å²) in [4.78, 5) is 35.4. The fourth-order valence-electron chi connectivity index (χ4n) is 1.83. The Labute approximate surface area is 108 Å². The van der Waals surface area contributed by atoms with Gasteiger partial charge < -0.3 is 4.74 Å². The predicted octanol–water partition coefficient (Wildman–Crippen LogP) is 0.369. The van der Waals surface area contributed by atoms with Gasteiger partial charge in [0, 0.05) is 12.3 Å². The molecule has 2 saturated heterocycles. The number of carbonyl (C=O) groups is 3. The summed E-state index contributed by atoms with van der Waals surface area (Å²) >= 11 is 1.06. The van der Waals surface area contributed by atoms with Gasteiger partial charge in [0.05, 0.1) is 6.61 Å². The average Bonchev–Trinajstić information content (AvgIpc) is 2.28. The van der Waals surface area contributed by atoms with Crippen molar-refractivity contribution in [1.29, 1.82) is 0 Å². The molecule has 1 N–H and O–H groups in total. The Morgan fingerprint density at radius 2 is 2.33 bits per heavy atom. The van der Waals surface area contributed by atoms with Crippen molar-refractivity contribution in [2.45, 2.75) is 13.3 Å². The summed E-state index contributed by atoms with van der Waals surface area (Å²) < 4.78 is 18.2. The van der Waals surface area contributed by atoms with Crippen LogP contribution in [0.25, 0.3) is 0 Å². The van der Waals surface area contributed by atoms with Gasteiger partial charge in [-0.15, -0.1) is 0 Å². The molecule has 0 bridgehead atoms. The van der Waals surface area contributed by atoms with Crippen molar-refractivity contribution in [3.63, 3.8) is 0 Å². The molecule has 0 spiro atoms. The van der Waals surface area contributed by atoms with Crippen LogP contribution in [0.2, 0.25) is 0 Å². The highest BCUT2D eigenvalue weighted by Gasteiger charge is 2.52. The third-order valence-electron chi connectivity index (χ3n) is 2.64. The quantitative estimate of drug-likeness (QED) is 0.449. The van der Waals surface area contributed by atoms with E-state index in [1.165, 1.54) is 0 Å². The molecule has 100 valence electrons. The molecule has 2 unspecified atom stereocenters. The second-order valence-corrected chi connectivity index (χ2v) is 8.50. The molecule has 2 fully saturated rings. The number of nitrogens with one attached hydrogen (secondary N) is 1. The maximum absolute atomic E-state index is 12.3. The molecule has 2 aliphatic rings. The second kappa shape index (κ2) is 4.93. The van der Waals surface area contributed by atoms with Gasteiger partial charge in [0.2, 0.25) is 5.92 Å². The molecule has 0 aromatic rings. The molecular weight excluding hydrogens is 279 g/mol. The molecule has 2 heterocycles. The Kier molecular flexibility index (Phi) is 3.68. The first-order valence-corrected chi connectivity index (χ1v) is 8.80. The van der Waals surface area contributed by atoms with Gasteiger partial charge in [0.1, 0.15) is 0 Å². The zero-order chi connectivity index (χ0) is 13.3. The largest absolute Gasteiger partial charge is 0.465 e. The van der Waals surface area contributed by atoms with Crippen molar-refractivity contribution >= 4 is 35.8 Å². The molecule has 7 nitrogen and oxygen atoms in total. The normalized spacial score (nSPS) is 31.6. The number of esters is 1. The lowest BCUT2D eigenvalue weighted by Crippen LogP contribution is -2.53. The second-order valence-electron chi connectivity index (χ2n) is 3.83. The molecule has 2 rings (SSSR count). The summed E-state index contributed by atoms with van der Waals surface area (Å²) in [7, 11) is 0. The van der Waals surface area contributed by atoms with E-state index in [0.29, 0.717) is 18.7 Å². The average molecular weight is 292 g/mol. The van der Waals surface area contributed by atoms with E-state index in [-0.39, 0.29) is 6.61 Å². The van der Waals surface area contributed by atoms with Gasteiger partial charge >= 0.3 is 12.6 Å². The molecule has 2 aliphatic heterocycles. The number of nitrogens with zero attached hydrogens (tertiary/aromatic N) is 1. The molecule has 0 saturated carbocycles. The Morgan fingerprint density at radius 1 is 1.61 bits per heavy atom. The fraction of sp³-hybridized carbons (Fsp3) is 0.667. The first-order chi connectivity index (χ1) is 8.49. The number of ether oxygens (including phenoxy) is 1. The van der Waals surface area contributed by atoms with Crippen molar-refractivity contribution in [1.82, 2.24) is 9.76 Å². The molecule has 0 radical (unpaired) electrons. The summed E-state index contributed by atoms with van der Waals surface area (Å²) in [5.74, 6) is -3.33.